The van der Waals surface area contributed by atoms with Gasteiger partial charge in [0.1, 0.15) is 10.8 Å². The second-order valence-electron chi connectivity index (χ2n) is 7.07. The summed E-state index contributed by atoms with van der Waals surface area (Å²) >= 11 is 5.02. The van der Waals surface area contributed by atoms with Gasteiger partial charge in [-0.15, -0.1) is 11.3 Å². The minimum Gasteiger partial charge on any atom is -0.451 e. The number of rotatable bonds is 5. The van der Waals surface area contributed by atoms with Crippen molar-refractivity contribution in [1.29, 1.82) is 0 Å². The maximum atomic E-state index is 13.0. The first-order chi connectivity index (χ1) is 16.0. The highest BCUT2D eigenvalue weighted by molar-refractivity contribution is 9.10. The Morgan fingerprint density at radius 1 is 1.00 bits per heavy atom. The molecule has 0 bridgehead atoms. The van der Waals surface area contributed by atoms with Gasteiger partial charge in [-0.25, -0.2) is 4.98 Å². The van der Waals surface area contributed by atoms with Crippen molar-refractivity contribution in [2.75, 3.05) is 5.32 Å². The summed E-state index contributed by atoms with van der Waals surface area (Å²) in [5.74, 6) is -0.180. The molecule has 2 heterocycles. The van der Waals surface area contributed by atoms with Crippen LogP contribution in [-0.2, 0) is 0 Å². The van der Waals surface area contributed by atoms with Crippen LogP contribution in [-0.4, -0.2) is 15.8 Å². The second kappa shape index (κ2) is 8.61. The molecule has 162 valence electrons. The lowest BCUT2D eigenvalue weighted by Crippen LogP contribution is -2.11. The van der Waals surface area contributed by atoms with Crippen molar-refractivity contribution in [3.05, 3.63) is 99.2 Å². The number of aromatic nitrogens is 1. The zero-order valence-corrected chi connectivity index (χ0v) is 19.2. The molecule has 0 atom stereocenters. The highest BCUT2D eigenvalue weighted by Gasteiger charge is 2.20. The van der Waals surface area contributed by atoms with Crippen LogP contribution < -0.4 is 5.32 Å². The van der Waals surface area contributed by atoms with E-state index in [1.165, 1.54) is 23.5 Å². The summed E-state index contributed by atoms with van der Waals surface area (Å²) in [6.07, 6.45) is 0. The standard InChI is InChI=1S/C24H14BrN3O4S/c25-14-9-10-17(16(13-14)24-27-18-6-2-4-8-22(18)33-24)26-23(29)21-12-11-20(32-21)15-5-1-3-7-19(15)28(30)31/h1-13H,(H,26,29). The van der Waals surface area contributed by atoms with Gasteiger partial charge in [-0.3, -0.25) is 14.9 Å². The SMILES string of the molecule is O=C(Nc1ccc(Br)cc1-c1nc2ccccc2s1)c1ccc(-c2ccccc2[N+](=O)[O-])o1. The summed E-state index contributed by atoms with van der Waals surface area (Å²) in [7, 11) is 0. The predicted molar refractivity (Wildman–Crippen MR) is 132 cm³/mol. The average Bonchev–Trinajstić information content (AvgIpc) is 3.47. The molecule has 33 heavy (non-hydrogen) atoms. The molecule has 0 fully saturated rings. The van der Waals surface area contributed by atoms with Crippen molar-refractivity contribution in [3.8, 4) is 21.9 Å². The van der Waals surface area contributed by atoms with Crippen molar-refractivity contribution < 1.29 is 14.1 Å². The number of nitrogens with zero attached hydrogens (tertiary/aromatic N) is 2. The number of nitro benzene ring substituents is 1. The summed E-state index contributed by atoms with van der Waals surface area (Å²) in [5.41, 5.74) is 2.44. The fourth-order valence-electron chi connectivity index (χ4n) is 3.42. The first-order valence-corrected chi connectivity index (χ1v) is 11.4. The van der Waals surface area contributed by atoms with E-state index in [1.54, 1.807) is 30.3 Å². The Bertz CT molecular complexity index is 1490. The first-order valence-electron chi connectivity index (χ1n) is 9.80. The van der Waals surface area contributed by atoms with Gasteiger partial charge < -0.3 is 9.73 Å². The Morgan fingerprint density at radius 2 is 1.79 bits per heavy atom. The van der Waals surface area contributed by atoms with Crippen molar-refractivity contribution in [2.24, 2.45) is 0 Å². The molecule has 3 aromatic carbocycles. The summed E-state index contributed by atoms with van der Waals surface area (Å²) in [6, 6.07) is 22.6. The molecule has 1 amide bonds. The molecule has 0 unspecified atom stereocenters. The molecular weight excluding hydrogens is 506 g/mol. The smallest absolute Gasteiger partial charge is 0.291 e. The third-order valence-electron chi connectivity index (χ3n) is 4.95. The van der Waals surface area contributed by atoms with Gasteiger partial charge in [-0.2, -0.15) is 0 Å². The van der Waals surface area contributed by atoms with E-state index in [-0.39, 0.29) is 17.2 Å². The number of nitrogens with one attached hydrogen (secondary N) is 1. The van der Waals surface area contributed by atoms with E-state index >= 15 is 0 Å². The number of carbonyl (C=O) groups is 1. The molecule has 2 aromatic heterocycles. The molecule has 0 aliphatic heterocycles. The summed E-state index contributed by atoms with van der Waals surface area (Å²) in [6.45, 7) is 0. The molecule has 0 saturated carbocycles. The third-order valence-corrected chi connectivity index (χ3v) is 6.51. The van der Waals surface area contributed by atoms with E-state index in [0.717, 1.165) is 25.3 Å². The van der Waals surface area contributed by atoms with Crippen LogP contribution >= 0.6 is 27.3 Å². The van der Waals surface area contributed by atoms with Crippen molar-refractivity contribution in [2.45, 2.75) is 0 Å². The van der Waals surface area contributed by atoms with Crippen molar-refractivity contribution in [1.82, 2.24) is 4.98 Å². The van der Waals surface area contributed by atoms with E-state index in [1.807, 2.05) is 36.4 Å². The number of para-hydroxylation sites is 2. The zero-order valence-electron chi connectivity index (χ0n) is 16.8. The maximum absolute atomic E-state index is 13.0. The molecule has 0 aliphatic rings. The van der Waals surface area contributed by atoms with Gasteiger partial charge in [-0.05, 0) is 48.5 Å². The number of anilines is 1. The largest absolute Gasteiger partial charge is 0.451 e. The van der Waals surface area contributed by atoms with E-state index in [0.29, 0.717) is 11.3 Å². The van der Waals surface area contributed by atoms with E-state index < -0.39 is 10.8 Å². The van der Waals surface area contributed by atoms with Crippen molar-refractivity contribution >= 4 is 54.8 Å². The van der Waals surface area contributed by atoms with Crippen LogP contribution in [0.2, 0.25) is 0 Å². The average molecular weight is 520 g/mol. The Hall–Kier alpha value is -3.82. The summed E-state index contributed by atoms with van der Waals surface area (Å²) in [5, 5.41) is 15.0. The number of amides is 1. The molecule has 9 heteroatoms. The fraction of sp³-hybridized carbons (Fsp3) is 0. The van der Waals surface area contributed by atoms with Gasteiger partial charge >= 0.3 is 0 Å². The Kier molecular flexibility index (Phi) is 5.49. The first kappa shape index (κ1) is 21.0. The van der Waals surface area contributed by atoms with Gasteiger partial charge in [-0.1, -0.05) is 40.2 Å². The lowest BCUT2D eigenvalue weighted by atomic mass is 10.1. The highest BCUT2D eigenvalue weighted by atomic mass is 79.9. The van der Waals surface area contributed by atoms with Crippen LogP contribution in [0.15, 0.2) is 87.8 Å². The number of carbonyl (C=O) groups excluding carboxylic acids is 1. The quantitative estimate of drug-likeness (QED) is 0.196. The van der Waals surface area contributed by atoms with Gasteiger partial charge in [0, 0.05) is 16.1 Å². The highest BCUT2D eigenvalue weighted by Crippen LogP contribution is 2.37. The monoisotopic (exact) mass is 519 g/mol. The van der Waals surface area contributed by atoms with Gasteiger partial charge in [0.15, 0.2) is 5.76 Å². The van der Waals surface area contributed by atoms with Crippen molar-refractivity contribution in [3.63, 3.8) is 0 Å². The molecule has 1 N–H and O–H groups in total. The number of nitro groups is 1. The number of thiazole rings is 1. The Labute approximate surface area is 200 Å². The minimum atomic E-state index is -0.482. The molecule has 5 aromatic rings. The summed E-state index contributed by atoms with van der Waals surface area (Å²) < 4.78 is 7.57. The minimum absolute atomic E-state index is 0.0429. The second-order valence-corrected chi connectivity index (χ2v) is 9.02. The lowest BCUT2D eigenvalue weighted by molar-refractivity contribution is -0.384. The normalized spacial score (nSPS) is 10.9. The molecule has 0 aliphatic carbocycles. The predicted octanol–water partition coefficient (Wildman–Crippen LogP) is 7.15. The lowest BCUT2D eigenvalue weighted by Gasteiger charge is -2.09. The van der Waals surface area contributed by atoms with Gasteiger partial charge in [0.05, 0.1) is 26.4 Å². The number of fused-ring (bicyclic) bond motifs is 1. The third kappa shape index (κ3) is 4.15. The molecule has 7 nitrogen and oxygen atoms in total. The van der Waals surface area contributed by atoms with Crippen LogP contribution in [0.1, 0.15) is 10.6 Å². The van der Waals surface area contributed by atoms with Crippen LogP contribution in [0.3, 0.4) is 0 Å². The van der Waals surface area contributed by atoms with Gasteiger partial charge in [0.2, 0.25) is 0 Å². The van der Waals surface area contributed by atoms with Crippen LogP contribution in [0.25, 0.3) is 32.1 Å². The molecule has 0 radical (unpaired) electrons. The number of halogens is 1. The molecular formula is C24H14BrN3O4S. The van der Waals surface area contributed by atoms with Crippen LogP contribution in [0.5, 0.6) is 0 Å². The number of hydrogen-bond acceptors (Lipinski definition) is 6. The molecule has 0 spiro atoms. The Balaban J connectivity index is 1.46. The van der Waals surface area contributed by atoms with E-state index in [2.05, 4.69) is 21.2 Å². The summed E-state index contributed by atoms with van der Waals surface area (Å²) in [4.78, 5) is 28.5. The Morgan fingerprint density at radius 3 is 2.61 bits per heavy atom. The van der Waals surface area contributed by atoms with Crippen LogP contribution in [0.4, 0.5) is 11.4 Å². The van der Waals surface area contributed by atoms with E-state index in [4.69, 9.17) is 9.40 Å². The fourth-order valence-corrected chi connectivity index (χ4v) is 4.78. The maximum Gasteiger partial charge on any atom is 0.291 e. The number of benzene rings is 3. The molecule has 0 saturated heterocycles. The number of furan rings is 1. The van der Waals surface area contributed by atoms with E-state index in [9.17, 15) is 14.9 Å². The van der Waals surface area contributed by atoms with Crippen LogP contribution in [0, 0.1) is 10.1 Å². The molecule has 5 rings (SSSR count). The van der Waals surface area contributed by atoms with Gasteiger partial charge in [0.25, 0.3) is 11.6 Å². The zero-order chi connectivity index (χ0) is 22.9. The number of hydrogen-bond donors (Lipinski definition) is 1. The topological polar surface area (TPSA) is 98.3 Å².